The number of hydrogen-bond acceptors (Lipinski definition) is 29. The maximum Gasteiger partial charge on any atom is 0.186 e. The summed E-state index contributed by atoms with van der Waals surface area (Å²) in [5.74, 6) is 0. The molecule has 29 heteroatoms. The first-order valence-electron chi connectivity index (χ1n) is 20.5. The van der Waals surface area contributed by atoms with Gasteiger partial charge in [0.05, 0.1) is 46.2 Å². The molecule has 0 amide bonds. The van der Waals surface area contributed by atoms with Gasteiger partial charge in [-0.05, 0) is 0 Å². The van der Waals surface area contributed by atoms with E-state index in [2.05, 4.69) is 0 Å². The molecule has 64 heavy (non-hydrogen) atoms. The SMILES string of the molecule is OCC1OC(OCC2OC(OCC3OC(OCC4OC(OCC5OC(OCC6OC(OCC7OC(O)C(O)C7O)C(O)C6O)C(O)C5O)C(O)C4O)C(O)C3O)C(O)C2O)C(O)C1O. The van der Waals surface area contributed by atoms with Crippen molar-refractivity contribution >= 4 is 0 Å². The first-order valence-corrected chi connectivity index (χ1v) is 20.5. The van der Waals surface area contributed by atoms with Crippen LogP contribution in [0.2, 0.25) is 0 Å². The van der Waals surface area contributed by atoms with E-state index in [1.165, 1.54) is 0 Å². The quantitative estimate of drug-likeness (QED) is 0.0572. The predicted molar refractivity (Wildman–Crippen MR) is 190 cm³/mol. The lowest BCUT2D eigenvalue weighted by molar-refractivity contribution is -0.230. The number of rotatable bonds is 19. The Morgan fingerprint density at radius 2 is 0.422 bits per heavy atom. The second-order valence-electron chi connectivity index (χ2n) is 16.4. The van der Waals surface area contributed by atoms with Gasteiger partial charge >= 0.3 is 0 Å². The molecule has 16 N–H and O–H groups in total. The van der Waals surface area contributed by atoms with Gasteiger partial charge in [-0.2, -0.15) is 0 Å². The highest BCUT2D eigenvalue weighted by Crippen LogP contribution is 2.32. The van der Waals surface area contributed by atoms with Gasteiger partial charge in [-0.1, -0.05) is 0 Å². The lowest BCUT2D eigenvalue weighted by Crippen LogP contribution is -2.39. The summed E-state index contributed by atoms with van der Waals surface area (Å²) in [5, 5.41) is 163. The third-order valence-corrected chi connectivity index (χ3v) is 12.0. The van der Waals surface area contributed by atoms with Crippen molar-refractivity contribution in [3.8, 4) is 0 Å². The number of hydrogen-bond donors (Lipinski definition) is 16. The minimum absolute atomic E-state index is 0.434. The first kappa shape index (κ1) is 50.7. The van der Waals surface area contributed by atoms with E-state index in [0.29, 0.717) is 0 Å². The first-order chi connectivity index (χ1) is 30.4. The zero-order valence-corrected chi connectivity index (χ0v) is 33.6. The summed E-state index contributed by atoms with van der Waals surface area (Å²) in [6, 6.07) is 0. The Morgan fingerprint density at radius 1 is 0.234 bits per heavy atom. The number of aliphatic hydroxyl groups excluding tert-OH is 16. The fourth-order valence-corrected chi connectivity index (χ4v) is 7.96. The van der Waals surface area contributed by atoms with Gasteiger partial charge in [-0.3, -0.25) is 0 Å². The number of ether oxygens (including phenoxy) is 13. The number of aliphatic hydroxyl groups is 16. The Kier molecular flexibility index (Phi) is 17.1. The van der Waals surface area contributed by atoms with Crippen LogP contribution in [-0.4, -0.2) is 300 Å². The molecule has 0 aliphatic carbocycles. The Morgan fingerprint density at radius 3 is 0.609 bits per heavy atom. The molecule has 29 nitrogen and oxygen atoms in total. The summed E-state index contributed by atoms with van der Waals surface area (Å²) < 4.78 is 70.6. The topological polar surface area (TPSA) is 444 Å². The van der Waals surface area contributed by atoms with E-state index in [-0.39, 0.29) is 0 Å². The lowest BCUT2D eigenvalue weighted by atomic mass is 10.1. The van der Waals surface area contributed by atoms with E-state index in [4.69, 9.17) is 61.6 Å². The van der Waals surface area contributed by atoms with Gasteiger partial charge in [0.2, 0.25) is 0 Å². The van der Waals surface area contributed by atoms with Crippen LogP contribution in [0.25, 0.3) is 0 Å². The Hall–Kier alpha value is -1.16. The monoisotopic (exact) mass is 942 g/mol. The van der Waals surface area contributed by atoms with E-state index in [1.807, 2.05) is 0 Å². The lowest BCUT2D eigenvalue weighted by Gasteiger charge is -2.21. The van der Waals surface area contributed by atoms with Crippen molar-refractivity contribution in [3.63, 3.8) is 0 Å². The summed E-state index contributed by atoms with van der Waals surface area (Å²) in [6.07, 6.45) is -41.2. The van der Waals surface area contributed by atoms with E-state index >= 15 is 0 Å². The van der Waals surface area contributed by atoms with Crippen LogP contribution < -0.4 is 0 Å². The van der Waals surface area contributed by atoms with Crippen molar-refractivity contribution in [1.29, 1.82) is 0 Å². The predicted octanol–water partition coefficient (Wildman–Crippen LogP) is -11.8. The highest BCUT2D eigenvalue weighted by molar-refractivity contribution is 4.94. The Balaban J connectivity index is 0.801. The molecule has 0 aromatic rings. The molecule has 7 rings (SSSR count). The van der Waals surface area contributed by atoms with Crippen LogP contribution in [0, 0.1) is 0 Å². The molecule has 7 aliphatic rings. The van der Waals surface area contributed by atoms with Crippen molar-refractivity contribution in [3.05, 3.63) is 0 Å². The third-order valence-electron chi connectivity index (χ3n) is 12.0. The van der Waals surface area contributed by atoms with Crippen molar-refractivity contribution in [2.75, 3.05) is 46.2 Å². The van der Waals surface area contributed by atoms with Crippen LogP contribution in [0.1, 0.15) is 0 Å². The summed E-state index contributed by atoms with van der Waals surface area (Å²) in [7, 11) is 0. The summed E-state index contributed by atoms with van der Waals surface area (Å²) >= 11 is 0. The molecule has 0 saturated carbocycles. The molecule has 28 atom stereocenters. The van der Waals surface area contributed by atoms with Crippen LogP contribution in [0.3, 0.4) is 0 Å². The van der Waals surface area contributed by atoms with Crippen molar-refractivity contribution in [2.24, 2.45) is 0 Å². The molecule has 0 bridgehead atoms. The van der Waals surface area contributed by atoms with Gasteiger partial charge < -0.3 is 143 Å². The van der Waals surface area contributed by atoms with Gasteiger partial charge in [0.25, 0.3) is 0 Å². The summed E-state index contributed by atoms with van der Waals surface area (Å²) in [5.41, 5.74) is 0. The minimum atomic E-state index is -1.67. The second kappa shape index (κ2) is 21.6. The molecule has 7 saturated heterocycles. The van der Waals surface area contributed by atoms with E-state index in [1.54, 1.807) is 0 Å². The second-order valence-corrected chi connectivity index (χ2v) is 16.4. The van der Waals surface area contributed by atoms with Gasteiger partial charge in [0.1, 0.15) is 128 Å². The van der Waals surface area contributed by atoms with Crippen molar-refractivity contribution in [2.45, 2.75) is 172 Å². The van der Waals surface area contributed by atoms with Crippen molar-refractivity contribution in [1.82, 2.24) is 0 Å². The van der Waals surface area contributed by atoms with Crippen LogP contribution in [0.15, 0.2) is 0 Å². The van der Waals surface area contributed by atoms with Gasteiger partial charge in [0, 0.05) is 0 Å². The van der Waals surface area contributed by atoms with Crippen molar-refractivity contribution < 1.29 is 143 Å². The van der Waals surface area contributed by atoms with E-state index < -0.39 is 218 Å². The molecule has 372 valence electrons. The molecule has 0 aromatic heterocycles. The Bertz CT molecular complexity index is 1460. The Labute approximate surface area is 361 Å². The van der Waals surface area contributed by atoms with Crippen LogP contribution in [-0.2, 0) is 61.6 Å². The fourth-order valence-electron chi connectivity index (χ4n) is 7.96. The highest BCUT2D eigenvalue weighted by atomic mass is 16.8. The molecule has 28 unspecified atom stereocenters. The third kappa shape index (κ3) is 10.7. The average molecular weight is 943 g/mol. The van der Waals surface area contributed by atoms with Crippen LogP contribution in [0.4, 0.5) is 0 Å². The van der Waals surface area contributed by atoms with Crippen LogP contribution in [0.5, 0.6) is 0 Å². The average Bonchev–Trinajstić information content (AvgIpc) is 4.09. The maximum absolute atomic E-state index is 10.6. The molecule has 0 aromatic carbocycles. The molecular formula is C35H58O29. The molecule has 7 aliphatic heterocycles. The standard InChI is InChI=1S/C35H58O29/c36-1-8-15(37)23(45)30(59-8)53-3-10-17(39)25(47)32(61-10)55-5-12-19(41)27(49)34(63-12)57-7-14-21(43)28(50)35(64-14)56-6-13-20(42)26(48)33(62-13)54-4-11-18(40)24(46)31(60-11)52-2-9-16(38)22(44)29(51)58-9/h8-51H,1-7H2. The largest absolute Gasteiger partial charge is 0.394 e. The molecular weight excluding hydrogens is 884 g/mol. The maximum atomic E-state index is 10.6. The van der Waals surface area contributed by atoms with Crippen LogP contribution >= 0.6 is 0 Å². The molecule has 0 radical (unpaired) electrons. The van der Waals surface area contributed by atoms with E-state index in [0.717, 1.165) is 0 Å². The normalized spacial score (nSPS) is 53.1. The van der Waals surface area contributed by atoms with Gasteiger partial charge in [-0.15, -0.1) is 0 Å². The molecule has 7 fully saturated rings. The summed E-state index contributed by atoms with van der Waals surface area (Å²) in [6.45, 7) is -3.50. The van der Waals surface area contributed by atoms with E-state index in [9.17, 15) is 81.7 Å². The summed E-state index contributed by atoms with van der Waals surface area (Å²) in [4.78, 5) is 0. The smallest absolute Gasteiger partial charge is 0.186 e. The zero-order chi connectivity index (χ0) is 46.3. The van der Waals surface area contributed by atoms with Gasteiger partial charge in [-0.25, -0.2) is 0 Å². The minimum Gasteiger partial charge on any atom is -0.394 e. The molecule has 7 heterocycles. The zero-order valence-electron chi connectivity index (χ0n) is 33.6. The fraction of sp³-hybridized carbons (Fsp3) is 1.00. The highest BCUT2D eigenvalue weighted by Gasteiger charge is 2.52. The van der Waals surface area contributed by atoms with Gasteiger partial charge in [0.15, 0.2) is 44.0 Å². The molecule has 0 spiro atoms.